The fourth-order valence-electron chi connectivity index (χ4n) is 2.29. The molecule has 1 fully saturated rings. The summed E-state index contributed by atoms with van der Waals surface area (Å²) in [7, 11) is 0. The molecule has 24 heavy (non-hydrogen) atoms. The summed E-state index contributed by atoms with van der Waals surface area (Å²) in [6.07, 6.45) is 3.04. The van der Waals surface area contributed by atoms with Crippen LogP contribution in [0.5, 0.6) is 0 Å². The van der Waals surface area contributed by atoms with Crippen LogP contribution in [0.15, 0.2) is 58.4 Å². The molecule has 3 rings (SSSR count). The molecule has 0 spiro atoms. The normalized spacial score (nSPS) is 15.8. The van der Waals surface area contributed by atoms with E-state index in [1.807, 2.05) is 6.07 Å². The fourth-order valence-corrected chi connectivity index (χ4v) is 3.11. The Morgan fingerprint density at radius 1 is 1.25 bits per heavy atom. The highest BCUT2D eigenvalue weighted by Crippen LogP contribution is 2.33. The molecule has 2 aromatic rings. The first-order valence-corrected chi connectivity index (χ1v) is 7.91. The molecule has 0 atom stereocenters. The number of nitrogens with zero attached hydrogens (tertiary/aromatic N) is 2. The zero-order valence-electron chi connectivity index (χ0n) is 12.6. The van der Waals surface area contributed by atoms with Crippen molar-refractivity contribution < 1.29 is 14.0 Å². The molecule has 0 saturated carbocycles. The van der Waals surface area contributed by atoms with Gasteiger partial charge in [-0.1, -0.05) is 18.2 Å². The molecular weight excluding hydrogens is 324 g/mol. The number of furan rings is 1. The molecular formula is C18H12N2O3S. The molecule has 2 amide bonds. The molecule has 1 aromatic carbocycles. The zero-order chi connectivity index (χ0) is 17.1. The number of hydrogen-bond donors (Lipinski definition) is 0. The largest absolute Gasteiger partial charge is 0.457 e. The van der Waals surface area contributed by atoms with Gasteiger partial charge in [-0.3, -0.25) is 14.5 Å². The van der Waals surface area contributed by atoms with Crippen LogP contribution >= 0.6 is 11.8 Å². The van der Waals surface area contributed by atoms with Crippen LogP contribution in [0, 0.1) is 11.3 Å². The second-order valence-electron chi connectivity index (χ2n) is 4.94. The van der Waals surface area contributed by atoms with E-state index in [0.717, 1.165) is 16.7 Å². The van der Waals surface area contributed by atoms with Crippen molar-refractivity contribution in [3.63, 3.8) is 0 Å². The van der Waals surface area contributed by atoms with Crippen LogP contribution in [0.25, 0.3) is 17.4 Å². The summed E-state index contributed by atoms with van der Waals surface area (Å²) in [5.41, 5.74) is 1.18. The lowest BCUT2D eigenvalue weighted by Crippen LogP contribution is -2.27. The third-order valence-corrected chi connectivity index (χ3v) is 4.31. The lowest BCUT2D eigenvalue weighted by atomic mass is 10.1. The number of rotatable bonds is 4. The van der Waals surface area contributed by atoms with Gasteiger partial charge in [0, 0.05) is 18.2 Å². The zero-order valence-corrected chi connectivity index (χ0v) is 13.4. The molecule has 5 nitrogen and oxygen atoms in total. The molecule has 0 aliphatic carbocycles. The quantitative estimate of drug-likeness (QED) is 0.622. The number of nitriles is 1. The average Bonchev–Trinajstić information content (AvgIpc) is 3.15. The second-order valence-corrected chi connectivity index (χ2v) is 5.93. The number of carbonyl (C=O) groups excluding carboxylic acids is 2. The molecule has 6 heteroatoms. The van der Waals surface area contributed by atoms with Crippen LogP contribution in [-0.4, -0.2) is 22.6 Å². The molecule has 1 aliphatic rings. The Bertz CT molecular complexity index is 905. The van der Waals surface area contributed by atoms with Gasteiger partial charge >= 0.3 is 0 Å². The number of carbonyl (C=O) groups is 2. The van der Waals surface area contributed by atoms with Crippen molar-refractivity contribution in [1.29, 1.82) is 5.26 Å². The smallest absolute Gasteiger partial charge is 0.293 e. The molecule has 1 saturated heterocycles. The molecule has 1 aromatic heterocycles. The Labute approximate surface area is 142 Å². The SMILES string of the molecule is C=CCN1C(=O)SC(=Cc2ccc(-c3ccccc3C#N)o2)C1=O. The highest BCUT2D eigenvalue weighted by molar-refractivity contribution is 8.18. The van der Waals surface area contributed by atoms with Gasteiger partial charge in [-0.2, -0.15) is 5.26 Å². The van der Waals surface area contributed by atoms with Crippen molar-refractivity contribution in [3.8, 4) is 17.4 Å². The van der Waals surface area contributed by atoms with Gasteiger partial charge in [-0.05, 0) is 36.0 Å². The molecule has 0 N–H and O–H groups in total. The molecule has 118 valence electrons. The van der Waals surface area contributed by atoms with Gasteiger partial charge in [-0.15, -0.1) is 6.58 Å². The minimum atomic E-state index is -0.361. The summed E-state index contributed by atoms with van der Waals surface area (Å²) in [6, 6.07) is 12.6. The predicted molar refractivity (Wildman–Crippen MR) is 91.7 cm³/mol. The number of benzene rings is 1. The maximum atomic E-state index is 12.2. The van der Waals surface area contributed by atoms with Gasteiger partial charge in [0.25, 0.3) is 11.1 Å². The van der Waals surface area contributed by atoms with Crippen LogP contribution in [0.3, 0.4) is 0 Å². The van der Waals surface area contributed by atoms with Gasteiger partial charge in [0.15, 0.2) is 0 Å². The third-order valence-electron chi connectivity index (χ3n) is 3.40. The standard InChI is InChI=1S/C18H12N2O3S/c1-2-9-20-17(21)16(24-18(20)22)10-13-7-8-15(23-13)14-6-4-3-5-12(14)11-19/h2-8,10H,1,9H2. The lowest BCUT2D eigenvalue weighted by Gasteiger charge is -2.07. The van der Waals surface area contributed by atoms with Gasteiger partial charge in [0.1, 0.15) is 11.5 Å². The van der Waals surface area contributed by atoms with Crippen molar-refractivity contribution in [1.82, 2.24) is 4.90 Å². The van der Waals surface area contributed by atoms with Gasteiger partial charge in [-0.25, -0.2) is 0 Å². The number of hydrogen-bond acceptors (Lipinski definition) is 5. The van der Waals surface area contributed by atoms with Gasteiger partial charge < -0.3 is 4.42 Å². The Hall–Kier alpha value is -3.04. The highest BCUT2D eigenvalue weighted by atomic mass is 32.2. The van der Waals surface area contributed by atoms with E-state index in [-0.39, 0.29) is 17.7 Å². The van der Waals surface area contributed by atoms with Crippen molar-refractivity contribution in [3.05, 3.63) is 65.3 Å². The van der Waals surface area contributed by atoms with Crippen LogP contribution in [0.1, 0.15) is 11.3 Å². The fraction of sp³-hybridized carbons (Fsp3) is 0.0556. The summed E-state index contributed by atoms with van der Waals surface area (Å²) in [4.78, 5) is 25.4. The summed E-state index contributed by atoms with van der Waals surface area (Å²) in [5, 5.41) is 8.83. The van der Waals surface area contributed by atoms with Crippen LogP contribution in [-0.2, 0) is 4.79 Å². The maximum Gasteiger partial charge on any atom is 0.293 e. The summed E-state index contributed by atoms with van der Waals surface area (Å²) >= 11 is 0.868. The average molecular weight is 336 g/mol. The van der Waals surface area contributed by atoms with E-state index in [9.17, 15) is 9.59 Å². The second kappa shape index (κ2) is 6.60. The first-order chi connectivity index (χ1) is 11.6. The molecule has 1 aliphatic heterocycles. The van der Waals surface area contributed by atoms with E-state index in [1.165, 1.54) is 12.2 Å². The topological polar surface area (TPSA) is 74.3 Å². The Kier molecular flexibility index (Phi) is 4.36. The van der Waals surface area contributed by atoms with Gasteiger partial charge in [0.05, 0.1) is 16.5 Å². The van der Waals surface area contributed by atoms with E-state index in [4.69, 9.17) is 9.68 Å². The maximum absolute atomic E-state index is 12.2. The van der Waals surface area contributed by atoms with Crippen LogP contribution < -0.4 is 0 Å². The monoisotopic (exact) mass is 336 g/mol. The van der Waals surface area contributed by atoms with Gasteiger partial charge in [0.2, 0.25) is 0 Å². The summed E-state index contributed by atoms with van der Waals surface area (Å²) in [6.45, 7) is 3.72. The minimum absolute atomic E-state index is 0.182. The van der Waals surface area contributed by atoms with E-state index in [0.29, 0.717) is 27.6 Å². The van der Waals surface area contributed by atoms with Crippen LogP contribution in [0.2, 0.25) is 0 Å². The van der Waals surface area contributed by atoms with E-state index >= 15 is 0 Å². The van der Waals surface area contributed by atoms with E-state index < -0.39 is 0 Å². The number of imide groups is 1. The van der Waals surface area contributed by atoms with E-state index in [2.05, 4.69) is 12.6 Å². The lowest BCUT2D eigenvalue weighted by molar-refractivity contribution is -0.122. The summed E-state index contributed by atoms with van der Waals surface area (Å²) < 4.78 is 5.71. The first-order valence-electron chi connectivity index (χ1n) is 7.09. The Balaban J connectivity index is 1.90. The highest BCUT2D eigenvalue weighted by Gasteiger charge is 2.34. The van der Waals surface area contributed by atoms with Crippen molar-refractivity contribution in [2.45, 2.75) is 0 Å². The van der Waals surface area contributed by atoms with Crippen LogP contribution in [0.4, 0.5) is 4.79 Å². The number of thioether (sulfide) groups is 1. The van der Waals surface area contributed by atoms with E-state index in [1.54, 1.807) is 30.3 Å². The Morgan fingerprint density at radius 2 is 2.04 bits per heavy atom. The van der Waals surface area contributed by atoms with Crippen molar-refractivity contribution in [2.75, 3.05) is 6.54 Å². The molecule has 0 bridgehead atoms. The third kappa shape index (κ3) is 2.90. The van der Waals surface area contributed by atoms with Crippen molar-refractivity contribution in [2.24, 2.45) is 0 Å². The Morgan fingerprint density at radius 3 is 2.79 bits per heavy atom. The summed E-state index contributed by atoms with van der Waals surface area (Å²) in [5.74, 6) is 0.617. The first kappa shape index (κ1) is 15.8. The number of amides is 2. The molecule has 0 radical (unpaired) electrons. The minimum Gasteiger partial charge on any atom is -0.457 e. The molecule has 0 unspecified atom stereocenters. The molecule has 2 heterocycles. The predicted octanol–water partition coefficient (Wildman–Crippen LogP) is 4.04. The van der Waals surface area contributed by atoms with Crippen molar-refractivity contribution >= 4 is 29.0 Å².